The Hall–Kier alpha value is -0.120. The van der Waals surface area contributed by atoms with E-state index in [1.54, 1.807) is 0 Å². The van der Waals surface area contributed by atoms with Gasteiger partial charge in [-0.3, -0.25) is 5.32 Å². The Labute approximate surface area is 55.6 Å². The van der Waals surface area contributed by atoms with Crippen LogP contribution in [0.25, 0.3) is 0 Å². The lowest BCUT2D eigenvalue weighted by atomic mass is 10.4. The minimum atomic E-state index is 0.152. The van der Waals surface area contributed by atoms with Crippen LogP contribution in [0.4, 0.5) is 0 Å². The molecule has 9 heavy (non-hydrogen) atoms. The third-order valence-corrected chi connectivity index (χ3v) is 1.31. The first-order valence-electron chi connectivity index (χ1n) is 3.33. The highest BCUT2D eigenvalue weighted by molar-refractivity contribution is 4.86. The number of hydrogen-bond acceptors (Lipinski definition) is 3. The van der Waals surface area contributed by atoms with E-state index in [1.165, 1.54) is 0 Å². The van der Waals surface area contributed by atoms with Crippen LogP contribution < -0.4 is 11.1 Å². The first-order valence-corrected chi connectivity index (χ1v) is 3.33. The monoisotopic (exact) mass is 130 g/mol. The Morgan fingerprint density at radius 2 is 2.33 bits per heavy atom. The maximum Gasteiger partial charge on any atom is 0.123 e. The summed E-state index contributed by atoms with van der Waals surface area (Å²) in [7, 11) is 0. The molecule has 0 aromatic rings. The highest BCUT2D eigenvalue weighted by Gasteiger charge is 2.32. The van der Waals surface area contributed by atoms with Crippen molar-refractivity contribution in [3.05, 3.63) is 0 Å². The quantitative estimate of drug-likeness (QED) is 0.514. The van der Waals surface area contributed by atoms with Crippen LogP contribution in [0.15, 0.2) is 0 Å². The van der Waals surface area contributed by atoms with E-state index in [9.17, 15) is 0 Å². The molecule has 1 aliphatic heterocycles. The van der Waals surface area contributed by atoms with Crippen LogP contribution in [0.3, 0.4) is 0 Å². The van der Waals surface area contributed by atoms with Gasteiger partial charge in [0.2, 0.25) is 0 Å². The summed E-state index contributed by atoms with van der Waals surface area (Å²) in [5.41, 5.74) is 5.46. The van der Waals surface area contributed by atoms with Gasteiger partial charge in [0.25, 0.3) is 0 Å². The zero-order chi connectivity index (χ0) is 6.85. The standard InChI is InChI=1S/C6H14N2O/c1-4(7)3-9-6-5(2)8-6/h4-6,8H,3,7H2,1-2H3. The van der Waals surface area contributed by atoms with E-state index < -0.39 is 0 Å². The van der Waals surface area contributed by atoms with Crippen molar-refractivity contribution in [3.8, 4) is 0 Å². The van der Waals surface area contributed by atoms with Crippen molar-refractivity contribution < 1.29 is 4.74 Å². The number of rotatable bonds is 3. The molecule has 1 aliphatic rings. The van der Waals surface area contributed by atoms with Gasteiger partial charge in [-0.1, -0.05) is 0 Å². The van der Waals surface area contributed by atoms with E-state index in [4.69, 9.17) is 10.5 Å². The second-order valence-electron chi connectivity index (χ2n) is 2.69. The van der Waals surface area contributed by atoms with Gasteiger partial charge in [0.05, 0.1) is 6.61 Å². The summed E-state index contributed by atoms with van der Waals surface area (Å²) in [5.74, 6) is 0. The summed E-state index contributed by atoms with van der Waals surface area (Å²) in [4.78, 5) is 0. The van der Waals surface area contributed by atoms with Crippen molar-refractivity contribution in [3.63, 3.8) is 0 Å². The fourth-order valence-electron chi connectivity index (χ4n) is 0.651. The van der Waals surface area contributed by atoms with Crippen LogP contribution in [0, 0.1) is 0 Å². The van der Waals surface area contributed by atoms with Crippen molar-refractivity contribution in [1.82, 2.24) is 5.32 Å². The van der Waals surface area contributed by atoms with E-state index >= 15 is 0 Å². The normalized spacial score (nSPS) is 36.3. The molecule has 3 unspecified atom stereocenters. The summed E-state index contributed by atoms with van der Waals surface area (Å²) >= 11 is 0. The van der Waals surface area contributed by atoms with Gasteiger partial charge in [0.15, 0.2) is 0 Å². The smallest absolute Gasteiger partial charge is 0.123 e. The highest BCUT2D eigenvalue weighted by atomic mass is 16.5. The maximum absolute atomic E-state index is 5.46. The molecule has 0 aromatic heterocycles. The molecule has 1 fully saturated rings. The van der Waals surface area contributed by atoms with E-state index in [1.807, 2.05) is 6.92 Å². The SMILES string of the molecule is CC(N)COC1NC1C. The van der Waals surface area contributed by atoms with Gasteiger partial charge in [-0.15, -0.1) is 0 Å². The van der Waals surface area contributed by atoms with Gasteiger partial charge in [-0.05, 0) is 13.8 Å². The van der Waals surface area contributed by atoms with Crippen molar-refractivity contribution in [2.24, 2.45) is 5.73 Å². The lowest BCUT2D eigenvalue weighted by Crippen LogP contribution is -2.23. The molecule has 0 radical (unpaired) electrons. The van der Waals surface area contributed by atoms with Crippen molar-refractivity contribution in [1.29, 1.82) is 0 Å². The third kappa shape index (κ3) is 2.30. The maximum atomic E-state index is 5.46. The summed E-state index contributed by atoms with van der Waals surface area (Å²) in [6, 6.07) is 0.684. The van der Waals surface area contributed by atoms with Gasteiger partial charge in [0.1, 0.15) is 6.23 Å². The molecule has 0 saturated carbocycles. The zero-order valence-electron chi connectivity index (χ0n) is 5.92. The minimum Gasteiger partial charge on any atom is -0.360 e. The minimum absolute atomic E-state index is 0.152. The first-order chi connectivity index (χ1) is 4.20. The van der Waals surface area contributed by atoms with E-state index in [2.05, 4.69) is 12.2 Å². The first kappa shape index (κ1) is 6.99. The molecule has 0 bridgehead atoms. The van der Waals surface area contributed by atoms with Crippen LogP contribution >= 0.6 is 0 Å². The van der Waals surface area contributed by atoms with Gasteiger partial charge >= 0.3 is 0 Å². The average Bonchev–Trinajstić information content (AvgIpc) is 2.42. The predicted octanol–water partition coefficient (Wildman–Crippen LogP) is -0.332. The van der Waals surface area contributed by atoms with Gasteiger partial charge < -0.3 is 10.5 Å². The topological polar surface area (TPSA) is 57.2 Å². The molecule has 3 heteroatoms. The molecule has 1 saturated heterocycles. The second-order valence-corrected chi connectivity index (χ2v) is 2.69. The molecular weight excluding hydrogens is 116 g/mol. The fraction of sp³-hybridized carbons (Fsp3) is 1.00. The number of nitrogens with one attached hydrogen (secondary N) is 1. The summed E-state index contributed by atoms with van der Waals surface area (Å²) in [6.07, 6.45) is 0.274. The van der Waals surface area contributed by atoms with Crippen molar-refractivity contribution >= 4 is 0 Å². The van der Waals surface area contributed by atoms with E-state index in [-0.39, 0.29) is 12.3 Å². The van der Waals surface area contributed by atoms with Gasteiger partial charge in [-0.25, -0.2) is 0 Å². The van der Waals surface area contributed by atoms with E-state index in [0.29, 0.717) is 12.6 Å². The number of hydrogen-bond donors (Lipinski definition) is 2. The second kappa shape index (κ2) is 2.64. The largest absolute Gasteiger partial charge is 0.360 e. The number of nitrogens with two attached hydrogens (primary N) is 1. The Balaban J connectivity index is 1.94. The van der Waals surface area contributed by atoms with Crippen LogP contribution in [-0.2, 0) is 4.74 Å². The fourth-order valence-corrected chi connectivity index (χ4v) is 0.651. The molecular formula is C6H14N2O. The van der Waals surface area contributed by atoms with Crippen LogP contribution in [0.5, 0.6) is 0 Å². The zero-order valence-corrected chi connectivity index (χ0v) is 5.92. The Morgan fingerprint density at radius 3 is 2.67 bits per heavy atom. The molecule has 3 nitrogen and oxygen atoms in total. The molecule has 0 aliphatic carbocycles. The van der Waals surface area contributed by atoms with Crippen LogP contribution in [-0.4, -0.2) is 24.9 Å². The average molecular weight is 130 g/mol. The molecule has 1 rings (SSSR count). The van der Waals surface area contributed by atoms with Gasteiger partial charge in [0, 0.05) is 12.1 Å². The van der Waals surface area contributed by atoms with Gasteiger partial charge in [-0.2, -0.15) is 0 Å². The Bertz CT molecular complexity index is 95.1. The Kier molecular flexibility index (Phi) is 2.05. The summed E-state index contributed by atoms with van der Waals surface area (Å²) in [5, 5.41) is 3.11. The molecule has 0 amide bonds. The third-order valence-electron chi connectivity index (χ3n) is 1.31. The molecule has 3 atom stereocenters. The Morgan fingerprint density at radius 1 is 1.78 bits per heavy atom. The van der Waals surface area contributed by atoms with Crippen LogP contribution in [0.2, 0.25) is 0 Å². The highest BCUT2D eigenvalue weighted by Crippen LogP contribution is 2.10. The predicted molar refractivity (Wildman–Crippen MR) is 36.0 cm³/mol. The molecule has 0 aromatic carbocycles. The molecule has 54 valence electrons. The summed E-state index contributed by atoms with van der Waals surface area (Å²) in [6.45, 7) is 4.68. The molecule has 3 N–H and O–H groups in total. The number of ether oxygens (including phenoxy) is 1. The van der Waals surface area contributed by atoms with Crippen LogP contribution in [0.1, 0.15) is 13.8 Å². The van der Waals surface area contributed by atoms with Crippen molar-refractivity contribution in [2.75, 3.05) is 6.61 Å². The summed E-state index contributed by atoms with van der Waals surface area (Å²) < 4.78 is 5.29. The lowest BCUT2D eigenvalue weighted by Gasteiger charge is -2.03. The lowest BCUT2D eigenvalue weighted by molar-refractivity contribution is 0.103. The molecule has 1 heterocycles. The van der Waals surface area contributed by atoms with Crippen molar-refractivity contribution in [2.45, 2.75) is 32.2 Å². The van der Waals surface area contributed by atoms with E-state index in [0.717, 1.165) is 0 Å². The molecule has 0 spiro atoms.